The molecule has 0 saturated heterocycles. The van der Waals surface area contributed by atoms with E-state index >= 15 is 0 Å². The highest BCUT2D eigenvalue weighted by atomic mass is 32.1. The Labute approximate surface area is 123 Å². The highest BCUT2D eigenvalue weighted by Crippen LogP contribution is 2.24. The lowest BCUT2D eigenvalue weighted by atomic mass is 10.1. The Morgan fingerprint density at radius 3 is 2.52 bits per heavy atom. The number of rotatable bonds is 4. The minimum absolute atomic E-state index is 0.0895. The molecule has 1 aromatic carbocycles. The van der Waals surface area contributed by atoms with Gasteiger partial charge in [0.25, 0.3) is 11.6 Å². The van der Waals surface area contributed by atoms with E-state index in [-0.39, 0.29) is 10.6 Å². The van der Waals surface area contributed by atoms with E-state index in [1.54, 1.807) is 6.92 Å². The van der Waals surface area contributed by atoms with Crippen LogP contribution in [0.25, 0.3) is 0 Å². The first-order chi connectivity index (χ1) is 9.88. The third-order valence-electron chi connectivity index (χ3n) is 2.72. The highest BCUT2D eigenvalue weighted by molar-refractivity contribution is 7.18. The van der Waals surface area contributed by atoms with Crippen molar-refractivity contribution >= 4 is 33.9 Å². The maximum atomic E-state index is 12.1. The molecule has 0 aliphatic heterocycles. The number of nitrogens with one attached hydrogen (secondary N) is 1. The number of carboxylic acids is 1. The van der Waals surface area contributed by atoms with Crippen molar-refractivity contribution < 1.29 is 19.6 Å². The van der Waals surface area contributed by atoms with Gasteiger partial charge in [0, 0.05) is 17.7 Å². The van der Waals surface area contributed by atoms with Gasteiger partial charge in [0.15, 0.2) is 0 Å². The second-order valence-electron chi connectivity index (χ2n) is 4.18. The molecule has 1 aromatic heterocycles. The van der Waals surface area contributed by atoms with Crippen LogP contribution in [0.15, 0.2) is 30.3 Å². The number of amides is 1. The largest absolute Gasteiger partial charge is 0.477 e. The topological polar surface area (TPSA) is 110 Å². The molecule has 2 rings (SSSR count). The minimum atomic E-state index is -1.06. The zero-order valence-corrected chi connectivity index (χ0v) is 11.6. The first-order valence-electron chi connectivity index (χ1n) is 5.78. The second-order valence-corrected chi connectivity index (χ2v) is 5.26. The Morgan fingerprint density at radius 1 is 1.29 bits per heavy atom. The molecule has 1 heterocycles. The number of nitro benzene ring substituents is 1. The van der Waals surface area contributed by atoms with Crippen molar-refractivity contribution in [2.75, 3.05) is 5.32 Å². The molecule has 8 heteroatoms. The van der Waals surface area contributed by atoms with Crippen LogP contribution >= 0.6 is 11.3 Å². The summed E-state index contributed by atoms with van der Waals surface area (Å²) in [4.78, 5) is 33.1. The smallest absolute Gasteiger partial charge is 0.345 e. The van der Waals surface area contributed by atoms with Gasteiger partial charge >= 0.3 is 5.97 Å². The van der Waals surface area contributed by atoms with Crippen LogP contribution in [0.2, 0.25) is 0 Å². The molecular formula is C13H10N2O5S. The van der Waals surface area contributed by atoms with Gasteiger partial charge in [-0.05, 0) is 30.7 Å². The Balaban J connectivity index is 2.20. The molecule has 0 saturated carbocycles. The Morgan fingerprint density at radius 2 is 2.00 bits per heavy atom. The number of carbonyl (C=O) groups excluding carboxylic acids is 1. The summed E-state index contributed by atoms with van der Waals surface area (Å²) in [7, 11) is 0. The molecule has 0 unspecified atom stereocenters. The summed E-state index contributed by atoms with van der Waals surface area (Å²) in [6, 6.07) is 6.82. The fraction of sp³-hybridized carbons (Fsp3) is 0.0769. The molecule has 2 N–H and O–H groups in total. The molecule has 0 radical (unpaired) electrons. The summed E-state index contributed by atoms with van der Waals surface area (Å²) in [5.41, 5.74) is 0.677. The monoisotopic (exact) mass is 306 g/mol. The SMILES string of the molecule is Cc1cc([N+](=O)[O-])ccc1C(=O)Nc1ccc(C(=O)O)s1. The average molecular weight is 306 g/mol. The maximum absolute atomic E-state index is 12.1. The van der Waals surface area contributed by atoms with Crippen LogP contribution in [0.1, 0.15) is 25.6 Å². The van der Waals surface area contributed by atoms with E-state index in [0.717, 1.165) is 11.3 Å². The molecule has 1 amide bonds. The number of nitrogens with zero attached hydrogens (tertiary/aromatic N) is 1. The van der Waals surface area contributed by atoms with E-state index in [1.165, 1.54) is 30.3 Å². The van der Waals surface area contributed by atoms with Crippen molar-refractivity contribution in [2.24, 2.45) is 0 Å². The number of non-ortho nitro benzene ring substituents is 1. The number of benzene rings is 1. The lowest BCUT2D eigenvalue weighted by Gasteiger charge is -2.05. The number of hydrogen-bond acceptors (Lipinski definition) is 5. The van der Waals surface area contributed by atoms with Crippen LogP contribution in [0.4, 0.5) is 10.7 Å². The summed E-state index contributed by atoms with van der Waals surface area (Å²) < 4.78 is 0. The van der Waals surface area contributed by atoms with Gasteiger partial charge in [-0.15, -0.1) is 11.3 Å². The molecule has 108 valence electrons. The van der Waals surface area contributed by atoms with Crippen molar-refractivity contribution in [1.29, 1.82) is 0 Å². The molecule has 0 spiro atoms. The summed E-state index contributed by atoms with van der Waals surface area (Å²) in [6.07, 6.45) is 0. The molecular weight excluding hydrogens is 296 g/mol. The number of anilines is 1. The average Bonchev–Trinajstić information content (AvgIpc) is 2.87. The van der Waals surface area contributed by atoms with Crippen molar-refractivity contribution in [1.82, 2.24) is 0 Å². The molecule has 0 fully saturated rings. The van der Waals surface area contributed by atoms with Crippen molar-refractivity contribution in [3.05, 3.63) is 56.5 Å². The van der Waals surface area contributed by atoms with Gasteiger partial charge in [0.05, 0.1) is 9.92 Å². The molecule has 2 aromatic rings. The third kappa shape index (κ3) is 3.23. The van der Waals surface area contributed by atoms with Gasteiger partial charge in [-0.2, -0.15) is 0 Å². The number of aryl methyl sites for hydroxylation is 1. The first kappa shape index (κ1) is 14.7. The first-order valence-corrected chi connectivity index (χ1v) is 6.59. The predicted molar refractivity (Wildman–Crippen MR) is 77.1 cm³/mol. The fourth-order valence-corrected chi connectivity index (χ4v) is 2.46. The van der Waals surface area contributed by atoms with Crippen LogP contribution in [0.5, 0.6) is 0 Å². The highest BCUT2D eigenvalue weighted by Gasteiger charge is 2.15. The van der Waals surface area contributed by atoms with Crippen LogP contribution in [0.3, 0.4) is 0 Å². The van der Waals surface area contributed by atoms with E-state index < -0.39 is 16.8 Å². The van der Waals surface area contributed by atoms with Crippen molar-refractivity contribution in [2.45, 2.75) is 6.92 Å². The van der Waals surface area contributed by atoms with E-state index in [2.05, 4.69) is 5.32 Å². The number of hydrogen-bond donors (Lipinski definition) is 2. The Hall–Kier alpha value is -2.74. The summed E-state index contributed by atoms with van der Waals surface area (Å²) >= 11 is 0.938. The molecule has 21 heavy (non-hydrogen) atoms. The zero-order chi connectivity index (χ0) is 15.6. The number of thiophene rings is 1. The van der Waals surface area contributed by atoms with Crippen LogP contribution < -0.4 is 5.32 Å². The lowest BCUT2D eigenvalue weighted by Crippen LogP contribution is -2.12. The minimum Gasteiger partial charge on any atom is -0.477 e. The third-order valence-corrected chi connectivity index (χ3v) is 3.71. The molecule has 0 aliphatic carbocycles. The maximum Gasteiger partial charge on any atom is 0.345 e. The van der Waals surface area contributed by atoms with Gasteiger partial charge in [0.1, 0.15) is 4.88 Å². The quantitative estimate of drug-likeness (QED) is 0.666. The normalized spacial score (nSPS) is 10.1. The van der Waals surface area contributed by atoms with Gasteiger partial charge in [-0.1, -0.05) is 0 Å². The van der Waals surface area contributed by atoms with E-state index in [1.807, 2.05) is 0 Å². The molecule has 0 atom stereocenters. The van der Waals surface area contributed by atoms with E-state index in [0.29, 0.717) is 16.1 Å². The fourth-order valence-electron chi connectivity index (χ4n) is 1.72. The van der Waals surface area contributed by atoms with Crippen LogP contribution in [-0.4, -0.2) is 21.9 Å². The summed E-state index contributed by atoms with van der Waals surface area (Å²) in [5, 5.41) is 22.4. The van der Waals surface area contributed by atoms with Crippen molar-refractivity contribution in [3.63, 3.8) is 0 Å². The zero-order valence-electron chi connectivity index (χ0n) is 10.8. The number of nitro groups is 1. The van der Waals surface area contributed by atoms with Crippen molar-refractivity contribution in [3.8, 4) is 0 Å². The lowest BCUT2D eigenvalue weighted by molar-refractivity contribution is -0.384. The Bertz CT molecular complexity index is 738. The van der Waals surface area contributed by atoms with Gasteiger partial charge < -0.3 is 10.4 Å². The van der Waals surface area contributed by atoms with E-state index in [4.69, 9.17) is 5.11 Å². The summed E-state index contributed by atoms with van der Waals surface area (Å²) in [6.45, 7) is 1.60. The number of carboxylic acid groups (broad SMARTS) is 1. The predicted octanol–water partition coefficient (Wildman–Crippen LogP) is 2.92. The molecule has 0 bridgehead atoms. The molecule has 7 nitrogen and oxygen atoms in total. The number of carbonyl (C=O) groups is 2. The molecule has 0 aliphatic rings. The second kappa shape index (κ2) is 5.71. The van der Waals surface area contributed by atoms with E-state index in [9.17, 15) is 19.7 Å². The number of aromatic carboxylic acids is 1. The van der Waals surface area contributed by atoms with Crippen LogP contribution in [-0.2, 0) is 0 Å². The van der Waals surface area contributed by atoms with Gasteiger partial charge in [-0.25, -0.2) is 4.79 Å². The summed E-state index contributed by atoms with van der Waals surface area (Å²) in [5.74, 6) is -1.51. The van der Waals surface area contributed by atoms with Gasteiger partial charge in [-0.3, -0.25) is 14.9 Å². The Kier molecular flexibility index (Phi) is 3.99. The van der Waals surface area contributed by atoms with Crippen LogP contribution in [0, 0.1) is 17.0 Å². The van der Waals surface area contributed by atoms with Gasteiger partial charge in [0.2, 0.25) is 0 Å². The standard InChI is InChI=1S/C13H10N2O5S/c1-7-6-8(15(19)20)2-3-9(7)12(16)14-11-5-4-10(21-11)13(17)18/h2-6H,1H3,(H,14,16)(H,17,18).